The zero-order valence-electron chi connectivity index (χ0n) is 31.6. The zero-order chi connectivity index (χ0) is 37.8. The summed E-state index contributed by atoms with van der Waals surface area (Å²) in [7, 11) is 0. The van der Waals surface area contributed by atoms with Gasteiger partial charge in [0, 0.05) is 38.4 Å². The normalized spacial score (nSPS) is 22.1. The van der Waals surface area contributed by atoms with E-state index in [-0.39, 0.29) is 17.6 Å². The van der Waals surface area contributed by atoms with Gasteiger partial charge in [0.15, 0.2) is 5.84 Å². The molecule has 7 aromatic rings. The molecule has 1 fully saturated rings. The van der Waals surface area contributed by atoms with Crippen molar-refractivity contribution in [3.05, 3.63) is 186 Å². The van der Waals surface area contributed by atoms with Crippen molar-refractivity contribution in [1.82, 2.24) is 0 Å². The fraction of sp³-hybridized carbons (Fsp3) is 0.176. The first-order valence-electron chi connectivity index (χ1n) is 19.7. The lowest BCUT2D eigenvalue weighted by molar-refractivity contribution is 0.0720. The van der Waals surface area contributed by atoms with Crippen LogP contribution in [0.15, 0.2) is 178 Å². The van der Waals surface area contributed by atoms with Crippen LogP contribution in [-0.4, -0.2) is 17.8 Å². The summed E-state index contributed by atoms with van der Waals surface area (Å²) in [5.41, 5.74) is 17.1. The van der Waals surface area contributed by atoms with Gasteiger partial charge in [-0.25, -0.2) is 4.99 Å². The predicted octanol–water partition coefficient (Wildman–Crippen LogP) is 12.0. The fourth-order valence-electron chi connectivity index (χ4n) is 9.48. The minimum absolute atomic E-state index is 0.111. The van der Waals surface area contributed by atoms with Gasteiger partial charge in [-0.05, 0) is 66.0 Å². The second-order valence-electron chi connectivity index (χ2n) is 15.7. The molecule has 1 aromatic heterocycles. The number of benzene rings is 6. The van der Waals surface area contributed by atoms with E-state index in [4.69, 9.17) is 24.9 Å². The van der Waals surface area contributed by atoms with E-state index in [0.717, 1.165) is 79.5 Å². The molecule has 0 bridgehead atoms. The van der Waals surface area contributed by atoms with Crippen molar-refractivity contribution in [3.8, 4) is 28.0 Å². The maximum Gasteiger partial charge on any atom is 0.158 e. The van der Waals surface area contributed by atoms with Gasteiger partial charge in [0.1, 0.15) is 28.9 Å². The van der Waals surface area contributed by atoms with E-state index in [9.17, 15) is 0 Å². The largest absolute Gasteiger partial charge is 0.489 e. The average molecular weight is 730 g/mol. The Morgan fingerprint density at radius 2 is 1.39 bits per heavy atom. The lowest BCUT2D eigenvalue weighted by Crippen LogP contribution is -2.45. The van der Waals surface area contributed by atoms with E-state index in [1.807, 2.05) is 42.5 Å². The van der Waals surface area contributed by atoms with Crippen molar-refractivity contribution in [2.24, 2.45) is 27.6 Å². The summed E-state index contributed by atoms with van der Waals surface area (Å²) in [6.45, 7) is 4.50. The Kier molecular flexibility index (Phi) is 8.32. The Morgan fingerprint density at radius 1 is 0.714 bits per heavy atom. The van der Waals surface area contributed by atoms with E-state index >= 15 is 0 Å². The zero-order valence-corrected chi connectivity index (χ0v) is 31.6. The van der Waals surface area contributed by atoms with E-state index in [1.165, 1.54) is 5.56 Å². The molecule has 0 amide bonds. The first-order valence-corrected chi connectivity index (χ1v) is 19.7. The molecule has 6 aromatic carbocycles. The molecule has 2 aliphatic carbocycles. The number of para-hydroxylation sites is 1. The highest BCUT2D eigenvalue weighted by molar-refractivity contribution is 6.22. The molecule has 5 atom stereocenters. The lowest BCUT2D eigenvalue weighted by atomic mass is 9.61. The standard InChI is InChI=1S/C51H43N3O2/c1-32(33-16-5-3-6-17-33)53-50(42-27-15-28-43-46(42)41-26-13-24-37(48(41)56-43)34-18-7-4-8-19-34)54-49(52)40-23-12-11-22-38(40)39-25-14-29-44-47(39)51(2)31-36-21-10-9-20-35(36)30-45(51)55-44/h3-29,32,35-36,45H,30-31H2,1-2H3,(H2,52,53,54)/t32-,35?,36?,45?,51?/m1/s1. The van der Waals surface area contributed by atoms with E-state index in [2.05, 4.69) is 135 Å². The quantitative estimate of drug-likeness (QED) is 0.137. The van der Waals surface area contributed by atoms with Crippen LogP contribution in [-0.2, 0) is 5.41 Å². The van der Waals surface area contributed by atoms with Gasteiger partial charge in [-0.3, -0.25) is 4.99 Å². The summed E-state index contributed by atoms with van der Waals surface area (Å²) in [6.07, 6.45) is 11.3. The number of aliphatic imine (C=N–C) groups is 2. The van der Waals surface area contributed by atoms with E-state index in [1.54, 1.807) is 0 Å². The average Bonchev–Trinajstić information content (AvgIpc) is 3.77. The number of hydrogen-bond donors (Lipinski definition) is 1. The molecule has 0 spiro atoms. The molecule has 0 radical (unpaired) electrons. The smallest absolute Gasteiger partial charge is 0.158 e. The number of amidine groups is 2. The molecular formula is C51H43N3O2. The van der Waals surface area contributed by atoms with Crippen molar-refractivity contribution in [2.45, 2.75) is 44.2 Å². The van der Waals surface area contributed by atoms with Crippen LogP contribution in [0, 0.1) is 11.8 Å². The molecule has 2 N–H and O–H groups in total. The maximum atomic E-state index is 7.21. The Labute approximate surface area is 327 Å². The number of ether oxygens (including phenoxy) is 1. The number of allylic oxidation sites excluding steroid dienone is 4. The predicted molar refractivity (Wildman–Crippen MR) is 229 cm³/mol. The maximum absolute atomic E-state index is 7.21. The van der Waals surface area contributed by atoms with Crippen molar-refractivity contribution in [3.63, 3.8) is 0 Å². The summed E-state index contributed by atoms with van der Waals surface area (Å²) >= 11 is 0. The number of hydrogen-bond acceptors (Lipinski definition) is 3. The van der Waals surface area contributed by atoms with Gasteiger partial charge in [-0.2, -0.15) is 0 Å². The number of nitrogens with two attached hydrogens (primary N) is 1. The van der Waals surface area contributed by atoms with Crippen molar-refractivity contribution >= 4 is 33.6 Å². The van der Waals surface area contributed by atoms with Gasteiger partial charge in [-0.1, -0.05) is 159 Å². The third-order valence-corrected chi connectivity index (χ3v) is 12.3. The molecule has 274 valence electrons. The Morgan fingerprint density at radius 3 is 2.23 bits per heavy atom. The van der Waals surface area contributed by atoms with Gasteiger partial charge in [0.25, 0.3) is 0 Å². The third-order valence-electron chi connectivity index (χ3n) is 12.3. The second kappa shape index (κ2) is 13.7. The Hall–Kier alpha value is -6.46. The number of fused-ring (bicyclic) bond motifs is 7. The van der Waals surface area contributed by atoms with Crippen molar-refractivity contribution in [2.75, 3.05) is 0 Å². The van der Waals surface area contributed by atoms with Crippen LogP contribution < -0.4 is 10.5 Å². The van der Waals surface area contributed by atoms with Crippen molar-refractivity contribution < 1.29 is 9.15 Å². The summed E-state index contributed by atoms with van der Waals surface area (Å²) in [4.78, 5) is 10.6. The SMILES string of the molecule is C[C@@H](/N=C(\N=C(/N)c1ccccc1-c1cccc2c1C1(C)CC3C=CC=CC3CC1O2)c1cccc2oc3c(-c4ccccc4)cccc3c12)c1ccccc1. The Bertz CT molecular complexity index is 2740. The van der Waals surface area contributed by atoms with Gasteiger partial charge in [0.2, 0.25) is 0 Å². The topological polar surface area (TPSA) is 73.1 Å². The van der Waals surface area contributed by atoms with Crippen LogP contribution in [0.3, 0.4) is 0 Å². The van der Waals surface area contributed by atoms with Crippen LogP contribution in [0.25, 0.3) is 44.2 Å². The van der Waals surface area contributed by atoms with E-state index in [0.29, 0.717) is 23.5 Å². The van der Waals surface area contributed by atoms with Crippen LogP contribution in [0.1, 0.15) is 55.0 Å². The van der Waals surface area contributed by atoms with Crippen molar-refractivity contribution in [1.29, 1.82) is 0 Å². The number of furan rings is 1. The van der Waals surface area contributed by atoms with Crippen LogP contribution in [0.4, 0.5) is 0 Å². The van der Waals surface area contributed by atoms with Gasteiger partial charge >= 0.3 is 0 Å². The molecular weight excluding hydrogens is 687 g/mol. The summed E-state index contributed by atoms with van der Waals surface area (Å²) < 4.78 is 13.5. The van der Waals surface area contributed by atoms with Gasteiger partial charge in [-0.15, -0.1) is 0 Å². The highest BCUT2D eigenvalue weighted by atomic mass is 16.5. The number of nitrogens with zero attached hydrogens (tertiary/aromatic N) is 2. The minimum atomic E-state index is -0.184. The lowest BCUT2D eigenvalue weighted by Gasteiger charge is -2.43. The molecule has 2 heterocycles. The monoisotopic (exact) mass is 729 g/mol. The molecule has 5 heteroatoms. The molecule has 3 aliphatic rings. The molecule has 1 aliphatic heterocycles. The minimum Gasteiger partial charge on any atom is -0.489 e. The van der Waals surface area contributed by atoms with Crippen LogP contribution in [0.5, 0.6) is 5.75 Å². The highest BCUT2D eigenvalue weighted by Crippen LogP contribution is 2.57. The summed E-state index contributed by atoms with van der Waals surface area (Å²) in [5, 5.41) is 1.97. The molecule has 5 nitrogen and oxygen atoms in total. The van der Waals surface area contributed by atoms with Gasteiger partial charge < -0.3 is 14.9 Å². The third kappa shape index (κ3) is 5.69. The summed E-state index contributed by atoms with van der Waals surface area (Å²) in [5.74, 6) is 2.91. The number of rotatable bonds is 6. The van der Waals surface area contributed by atoms with Gasteiger partial charge in [0.05, 0.1) is 6.04 Å². The Balaban J connectivity index is 1.12. The second-order valence-corrected chi connectivity index (χ2v) is 15.7. The molecule has 10 rings (SSSR count). The fourth-order valence-corrected chi connectivity index (χ4v) is 9.48. The molecule has 56 heavy (non-hydrogen) atoms. The summed E-state index contributed by atoms with van der Waals surface area (Å²) in [6, 6.07) is 47.8. The van der Waals surface area contributed by atoms with Crippen LogP contribution >= 0.6 is 0 Å². The van der Waals surface area contributed by atoms with Crippen LogP contribution in [0.2, 0.25) is 0 Å². The molecule has 4 unspecified atom stereocenters. The van der Waals surface area contributed by atoms with E-state index < -0.39 is 0 Å². The molecule has 1 saturated carbocycles. The first kappa shape index (κ1) is 34.1. The first-order chi connectivity index (χ1) is 27.5. The molecule has 0 saturated heterocycles. The highest BCUT2D eigenvalue weighted by Gasteiger charge is 2.52.